The molecule has 146 valence electrons. The summed E-state index contributed by atoms with van der Waals surface area (Å²) in [6.45, 7) is 2.18. The molecule has 1 fully saturated rings. The molecule has 0 bridgehead atoms. The molecule has 8 heteroatoms. The van der Waals surface area contributed by atoms with Gasteiger partial charge in [0.1, 0.15) is 0 Å². The van der Waals surface area contributed by atoms with E-state index in [9.17, 15) is 9.59 Å². The van der Waals surface area contributed by atoms with Gasteiger partial charge in [-0.15, -0.1) is 12.4 Å². The Kier molecular flexibility index (Phi) is 7.38. The molecule has 0 saturated carbocycles. The molecule has 1 aliphatic heterocycles. The van der Waals surface area contributed by atoms with Crippen molar-refractivity contribution in [2.45, 2.75) is 18.9 Å². The molecule has 1 saturated heterocycles. The second-order valence-electron chi connectivity index (χ2n) is 6.78. The lowest BCUT2D eigenvalue weighted by Crippen LogP contribution is -2.40. The Morgan fingerprint density at radius 1 is 1.30 bits per heavy atom. The Labute approximate surface area is 165 Å². The number of carbonyl (C=O) groups is 2. The molecule has 0 aliphatic carbocycles. The summed E-state index contributed by atoms with van der Waals surface area (Å²) in [6.07, 6.45) is 3.95. The molecular formula is C19H26ClN5O2. The molecule has 1 aliphatic rings. The van der Waals surface area contributed by atoms with Gasteiger partial charge < -0.3 is 16.0 Å². The van der Waals surface area contributed by atoms with Crippen molar-refractivity contribution in [3.63, 3.8) is 0 Å². The van der Waals surface area contributed by atoms with E-state index in [0.29, 0.717) is 19.6 Å². The fraction of sp³-hybridized carbons (Fsp3) is 0.421. The summed E-state index contributed by atoms with van der Waals surface area (Å²) in [5, 5.41) is 7.55. The summed E-state index contributed by atoms with van der Waals surface area (Å²) < 4.78 is 1.75. The standard InChI is InChI=1S/C19H25N5O2.ClH/c1-23-13-15(9-22-23)16-10-21-11-17(16)19(26)24(8-7-18(20)25)12-14-5-3-2-4-6-14;/h2-6,9,13,16-17,21H,7-8,10-12H2,1H3,(H2,20,25);1H/t16-,17+;/m1./s1. The first-order valence-electron chi connectivity index (χ1n) is 8.85. The maximum absolute atomic E-state index is 13.3. The van der Waals surface area contributed by atoms with Crippen LogP contribution in [0.3, 0.4) is 0 Å². The van der Waals surface area contributed by atoms with Gasteiger partial charge in [-0.05, 0) is 11.1 Å². The Morgan fingerprint density at radius 3 is 2.67 bits per heavy atom. The number of nitrogens with two attached hydrogens (primary N) is 1. The van der Waals surface area contributed by atoms with Crippen LogP contribution in [0.5, 0.6) is 0 Å². The first-order chi connectivity index (χ1) is 12.5. The minimum atomic E-state index is -0.399. The summed E-state index contributed by atoms with van der Waals surface area (Å²) in [7, 11) is 1.87. The molecule has 0 radical (unpaired) electrons. The molecule has 2 heterocycles. The first kappa shape index (κ1) is 20.9. The minimum absolute atomic E-state index is 0. The van der Waals surface area contributed by atoms with Crippen molar-refractivity contribution in [3.05, 3.63) is 53.9 Å². The van der Waals surface area contributed by atoms with E-state index < -0.39 is 5.91 Å². The van der Waals surface area contributed by atoms with Crippen LogP contribution in [0.1, 0.15) is 23.5 Å². The number of benzene rings is 1. The number of rotatable bonds is 7. The Balaban J connectivity index is 0.00000261. The van der Waals surface area contributed by atoms with E-state index in [2.05, 4.69) is 10.4 Å². The highest BCUT2D eigenvalue weighted by Crippen LogP contribution is 2.29. The summed E-state index contributed by atoms with van der Waals surface area (Å²) in [5.41, 5.74) is 7.41. The third kappa shape index (κ3) is 5.30. The second kappa shape index (κ2) is 9.53. The lowest BCUT2D eigenvalue weighted by atomic mass is 9.89. The molecule has 2 amide bonds. The molecule has 27 heavy (non-hydrogen) atoms. The third-order valence-corrected chi connectivity index (χ3v) is 4.84. The van der Waals surface area contributed by atoms with Gasteiger partial charge in [0, 0.05) is 51.8 Å². The average molecular weight is 392 g/mol. The number of aryl methyl sites for hydroxylation is 1. The van der Waals surface area contributed by atoms with Crippen molar-refractivity contribution < 1.29 is 9.59 Å². The maximum atomic E-state index is 13.3. The number of carbonyl (C=O) groups excluding carboxylic acids is 2. The SMILES string of the molecule is Cl.Cn1cc([C@H]2CNC[C@@H]2C(=O)N(CCC(N)=O)Cc2ccccc2)cn1. The highest BCUT2D eigenvalue weighted by molar-refractivity contribution is 5.85. The van der Waals surface area contributed by atoms with Crippen LogP contribution in [0.2, 0.25) is 0 Å². The molecular weight excluding hydrogens is 366 g/mol. The van der Waals surface area contributed by atoms with Crippen LogP contribution >= 0.6 is 12.4 Å². The summed E-state index contributed by atoms with van der Waals surface area (Å²) in [6, 6.07) is 9.80. The fourth-order valence-electron chi connectivity index (χ4n) is 3.47. The van der Waals surface area contributed by atoms with E-state index in [-0.39, 0.29) is 36.6 Å². The van der Waals surface area contributed by atoms with Gasteiger partial charge in [0.25, 0.3) is 0 Å². The molecule has 0 unspecified atom stereocenters. The van der Waals surface area contributed by atoms with Crippen LogP contribution in [0.25, 0.3) is 0 Å². The van der Waals surface area contributed by atoms with Crippen molar-refractivity contribution >= 4 is 24.2 Å². The number of nitrogens with one attached hydrogen (secondary N) is 1. The van der Waals surface area contributed by atoms with E-state index >= 15 is 0 Å². The lowest BCUT2D eigenvalue weighted by molar-refractivity contribution is -0.136. The van der Waals surface area contributed by atoms with Gasteiger partial charge >= 0.3 is 0 Å². The van der Waals surface area contributed by atoms with Crippen LogP contribution in [0.4, 0.5) is 0 Å². The Hall–Kier alpha value is -2.38. The number of aromatic nitrogens is 2. The van der Waals surface area contributed by atoms with E-state index in [1.807, 2.05) is 49.8 Å². The zero-order valence-electron chi connectivity index (χ0n) is 15.4. The number of halogens is 1. The Morgan fingerprint density at radius 2 is 2.04 bits per heavy atom. The van der Waals surface area contributed by atoms with Crippen LogP contribution in [0.15, 0.2) is 42.7 Å². The molecule has 1 aromatic heterocycles. The molecule has 2 aromatic rings. The monoisotopic (exact) mass is 391 g/mol. The summed E-state index contributed by atoms with van der Waals surface area (Å²) >= 11 is 0. The number of nitrogens with zero attached hydrogens (tertiary/aromatic N) is 3. The van der Waals surface area contributed by atoms with Crippen molar-refractivity contribution in [1.82, 2.24) is 20.0 Å². The summed E-state index contributed by atoms with van der Waals surface area (Å²) in [5.74, 6) is -0.433. The molecule has 0 spiro atoms. The number of hydrogen-bond acceptors (Lipinski definition) is 4. The van der Waals surface area contributed by atoms with Gasteiger partial charge in [0.05, 0.1) is 12.1 Å². The van der Waals surface area contributed by atoms with Crippen molar-refractivity contribution in [3.8, 4) is 0 Å². The van der Waals surface area contributed by atoms with Gasteiger partial charge in [-0.1, -0.05) is 30.3 Å². The van der Waals surface area contributed by atoms with Gasteiger partial charge in [-0.25, -0.2) is 0 Å². The van der Waals surface area contributed by atoms with Gasteiger partial charge in [-0.2, -0.15) is 5.10 Å². The van der Waals surface area contributed by atoms with Crippen molar-refractivity contribution in [2.24, 2.45) is 18.7 Å². The third-order valence-electron chi connectivity index (χ3n) is 4.84. The van der Waals surface area contributed by atoms with Gasteiger partial charge in [0.15, 0.2) is 0 Å². The van der Waals surface area contributed by atoms with Crippen molar-refractivity contribution in [2.75, 3.05) is 19.6 Å². The topological polar surface area (TPSA) is 93.3 Å². The van der Waals surface area contributed by atoms with Crippen molar-refractivity contribution in [1.29, 1.82) is 0 Å². The smallest absolute Gasteiger partial charge is 0.227 e. The zero-order valence-corrected chi connectivity index (χ0v) is 16.2. The molecule has 3 rings (SSSR count). The van der Waals surface area contributed by atoms with E-state index in [1.54, 1.807) is 9.58 Å². The number of amides is 2. The van der Waals surface area contributed by atoms with Crippen LogP contribution in [-0.2, 0) is 23.2 Å². The first-order valence-corrected chi connectivity index (χ1v) is 8.85. The van der Waals surface area contributed by atoms with E-state index in [4.69, 9.17) is 5.73 Å². The normalized spacial score (nSPS) is 18.7. The predicted molar refractivity (Wildman–Crippen MR) is 105 cm³/mol. The summed E-state index contributed by atoms with van der Waals surface area (Å²) in [4.78, 5) is 26.3. The number of primary amides is 1. The average Bonchev–Trinajstić information content (AvgIpc) is 3.27. The molecule has 2 atom stereocenters. The quantitative estimate of drug-likeness (QED) is 0.737. The van der Waals surface area contributed by atoms with Gasteiger partial charge in [-0.3, -0.25) is 14.3 Å². The van der Waals surface area contributed by atoms with Crippen LogP contribution in [0, 0.1) is 5.92 Å². The maximum Gasteiger partial charge on any atom is 0.227 e. The highest BCUT2D eigenvalue weighted by atomic mass is 35.5. The van der Waals surface area contributed by atoms with Crippen LogP contribution in [-0.4, -0.2) is 46.1 Å². The second-order valence-corrected chi connectivity index (χ2v) is 6.78. The van der Waals surface area contributed by atoms with Gasteiger partial charge in [0.2, 0.25) is 11.8 Å². The highest BCUT2D eigenvalue weighted by Gasteiger charge is 2.37. The van der Waals surface area contributed by atoms with E-state index in [0.717, 1.165) is 17.7 Å². The lowest BCUT2D eigenvalue weighted by Gasteiger charge is -2.27. The minimum Gasteiger partial charge on any atom is -0.370 e. The Bertz CT molecular complexity index is 764. The molecule has 3 N–H and O–H groups in total. The number of hydrogen-bond donors (Lipinski definition) is 2. The molecule has 1 aromatic carbocycles. The fourth-order valence-corrected chi connectivity index (χ4v) is 3.47. The van der Waals surface area contributed by atoms with Crippen LogP contribution < -0.4 is 11.1 Å². The van der Waals surface area contributed by atoms with E-state index in [1.165, 1.54) is 0 Å². The largest absolute Gasteiger partial charge is 0.370 e. The predicted octanol–water partition coefficient (Wildman–Crippen LogP) is 1.05. The molecule has 7 nitrogen and oxygen atoms in total. The zero-order chi connectivity index (χ0) is 18.5.